The third kappa shape index (κ3) is 3.68. The monoisotopic (exact) mass is 208 g/mol. The van der Waals surface area contributed by atoms with Crippen molar-refractivity contribution >= 4 is 5.78 Å². The van der Waals surface area contributed by atoms with Crippen molar-refractivity contribution in [3.05, 3.63) is 0 Å². The highest BCUT2D eigenvalue weighted by atomic mass is 19.4. The molecule has 0 heterocycles. The molecule has 0 aliphatic heterocycles. The van der Waals surface area contributed by atoms with Crippen LogP contribution in [0, 0.1) is 11.8 Å². The average Bonchev–Trinajstić information content (AvgIpc) is 2.05. The summed E-state index contributed by atoms with van der Waals surface area (Å²) in [6, 6.07) is 0. The van der Waals surface area contributed by atoms with Crippen molar-refractivity contribution in [1.29, 1.82) is 0 Å². The van der Waals surface area contributed by atoms with Gasteiger partial charge in [-0.15, -0.1) is 0 Å². The molecule has 0 saturated heterocycles. The number of rotatable bonds is 2. The quantitative estimate of drug-likeness (QED) is 0.680. The highest BCUT2D eigenvalue weighted by Gasteiger charge is 2.32. The summed E-state index contributed by atoms with van der Waals surface area (Å²) in [4.78, 5) is 11.3. The van der Waals surface area contributed by atoms with Crippen molar-refractivity contribution in [2.24, 2.45) is 11.8 Å². The predicted molar refractivity (Wildman–Crippen MR) is 46.8 cm³/mol. The van der Waals surface area contributed by atoms with Gasteiger partial charge in [0, 0.05) is 18.8 Å². The van der Waals surface area contributed by atoms with Crippen LogP contribution in [0.25, 0.3) is 0 Å². The summed E-state index contributed by atoms with van der Waals surface area (Å²) < 4.78 is 35.8. The number of alkyl halides is 3. The fourth-order valence-corrected chi connectivity index (χ4v) is 1.94. The molecule has 1 saturated carbocycles. The lowest BCUT2D eigenvalue weighted by Gasteiger charge is -2.25. The largest absolute Gasteiger partial charge is 0.389 e. The van der Waals surface area contributed by atoms with Crippen molar-refractivity contribution in [2.75, 3.05) is 0 Å². The summed E-state index contributed by atoms with van der Waals surface area (Å²) in [6.45, 7) is 1.99. The highest BCUT2D eigenvalue weighted by molar-refractivity contribution is 5.81. The smallest absolute Gasteiger partial charge is 0.299 e. The number of halogens is 3. The number of Topliss-reactive ketones (excluding diaryl/α,β-unsaturated/α-hetero) is 1. The zero-order chi connectivity index (χ0) is 10.8. The molecule has 2 atom stereocenters. The van der Waals surface area contributed by atoms with Gasteiger partial charge in [-0.1, -0.05) is 6.92 Å². The van der Waals surface area contributed by atoms with E-state index < -0.39 is 12.6 Å². The maximum atomic E-state index is 11.9. The van der Waals surface area contributed by atoms with Crippen molar-refractivity contribution < 1.29 is 18.0 Å². The van der Waals surface area contributed by atoms with Crippen LogP contribution < -0.4 is 0 Å². The zero-order valence-electron chi connectivity index (χ0n) is 8.23. The van der Waals surface area contributed by atoms with Gasteiger partial charge in [-0.05, 0) is 25.2 Å². The lowest BCUT2D eigenvalue weighted by molar-refractivity contribution is -0.142. The Morgan fingerprint density at radius 3 is 2.64 bits per heavy atom. The Labute approximate surface area is 81.7 Å². The molecule has 1 rings (SSSR count). The molecule has 0 spiro atoms. The van der Waals surface area contributed by atoms with Gasteiger partial charge in [-0.3, -0.25) is 4.79 Å². The molecule has 4 heteroatoms. The van der Waals surface area contributed by atoms with Gasteiger partial charge < -0.3 is 0 Å². The highest BCUT2D eigenvalue weighted by Crippen LogP contribution is 2.32. The Morgan fingerprint density at radius 2 is 2.07 bits per heavy atom. The minimum absolute atomic E-state index is 0.0207. The van der Waals surface area contributed by atoms with E-state index in [0.29, 0.717) is 18.8 Å². The normalized spacial score (nSPS) is 29.3. The maximum Gasteiger partial charge on any atom is 0.389 e. The standard InChI is InChI=1S/C10H15F3O/c1-7-2-3-9(14)8(6-7)4-5-10(11,12)13/h7-8H,2-6H2,1H3. The molecule has 2 unspecified atom stereocenters. The van der Waals surface area contributed by atoms with E-state index in [9.17, 15) is 18.0 Å². The van der Waals surface area contributed by atoms with Gasteiger partial charge in [0.1, 0.15) is 5.78 Å². The molecule has 1 aliphatic carbocycles. The Hall–Kier alpha value is -0.540. The summed E-state index contributed by atoms with van der Waals surface area (Å²) in [6.07, 6.45) is -3.04. The van der Waals surface area contributed by atoms with Crippen LogP contribution in [-0.4, -0.2) is 12.0 Å². The molecule has 82 valence electrons. The molecular formula is C10H15F3O. The first kappa shape index (κ1) is 11.5. The molecule has 0 N–H and O–H groups in total. The lowest BCUT2D eigenvalue weighted by atomic mass is 9.79. The maximum absolute atomic E-state index is 11.9. The molecular weight excluding hydrogens is 193 g/mol. The number of ketones is 1. The van der Waals surface area contributed by atoms with E-state index in [1.807, 2.05) is 6.92 Å². The molecule has 0 bridgehead atoms. The SMILES string of the molecule is CC1CCC(=O)C(CCC(F)(F)F)C1. The number of carbonyl (C=O) groups is 1. The second kappa shape index (κ2) is 4.32. The van der Waals surface area contributed by atoms with Gasteiger partial charge in [0.05, 0.1) is 0 Å². The Kier molecular flexibility index (Phi) is 3.56. The van der Waals surface area contributed by atoms with E-state index in [4.69, 9.17) is 0 Å². The first-order valence-electron chi connectivity index (χ1n) is 4.98. The van der Waals surface area contributed by atoms with Crippen LogP contribution in [0.3, 0.4) is 0 Å². The summed E-state index contributed by atoms with van der Waals surface area (Å²) in [5, 5.41) is 0. The van der Waals surface area contributed by atoms with Crippen LogP contribution in [0.5, 0.6) is 0 Å². The number of hydrogen-bond acceptors (Lipinski definition) is 1. The lowest BCUT2D eigenvalue weighted by Crippen LogP contribution is -2.25. The fourth-order valence-electron chi connectivity index (χ4n) is 1.94. The van der Waals surface area contributed by atoms with E-state index in [0.717, 1.165) is 6.42 Å². The number of carbonyl (C=O) groups excluding carboxylic acids is 1. The minimum atomic E-state index is -4.12. The summed E-state index contributed by atoms with van der Waals surface area (Å²) in [5.74, 6) is 0.0682. The molecule has 0 aromatic carbocycles. The summed E-state index contributed by atoms with van der Waals surface area (Å²) >= 11 is 0. The second-order valence-electron chi connectivity index (χ2n) is 4.20. The van der Waals surface area contributed by atoms with E-state index in [2.05, 4.69) is 0 Å². The Balaban J connectivity index is 2.39. The van der Waals surface area contributed by atoms with E-state index in [1.54, 1.807) is 0 Å². The van der Waals surface area contributed by atoms with Gasteiger partial charge in [-0.2, -0.15) is 13.2 Å². The first-order chi connectivity index (χ1) is 6.38. The number of hydrogen-bond donors (Lipinski definition) is 0. The summed E-state index contributed by atoms with van der Waals surface area (Å²) in [5.41, 5.74) is 0. The third-order valence-electron chi connectivity index (χ3n) is 2.80. The summed E-state index contributed by atoms with van der Waals surface area (Å²) in [7, 11) is 0. The van der Waals surface area contributed by atoms with Gasteiger partial charge in [-0.25, -0.2) is 0 Å². The van der Waals surface area contributed by atoms with Gasteiger partial charge in [0.2, 0.25) is 0 Å². The molecule has 0 aromatic rings. The van der Waals surface area contributed by atoms with Crippen LogP contribution in [0.15, 0.2) is 0 Å². The third-order valence-corrected chi connectivity index (χ3v) is 2.80. The first-order valence-corrected chi connectivity index (χ1v) is 4.98. The minimum Gasteiger partial charge on any atom is -0.299 e. The van der Waals surface area contributed by atoms with Crippen LogP contribution in [0.4, 0.5) is 13.2 Å². The second-order valence-corrected chi connectivity index (χ2v) is 4.20. The van der Waals surface area contributed by atoms with Gasteiger partial charge in [0.15, 0.2) is 0 Å². The molecule has 1 aliphatic rings. The zero-order valence-corrected chi connectivity index (χ0v) is 8.23. The molecule has 0 aromatic heterocycles. The van der Waals surface area contributed by atoms with Crippen LogP contribution >= 0.6 is 0 Å². The molecule has 14 heavy (non-hydrogen) atoms. The Morgan fingerprint density at radius 1 is 1.43 bits per heavy atom. The fraction of sp³-hybridized carbons (Fsp3) is 0.900. The van der Waals surface area contributed by atoms with Gasteiger partial charge in [0.25, 0.3) is 0 Å². The van der Waals surface area contributed by atoms with Gasteiger partial charge >= 0.3 is 6.18 Å². The van der Waals surface area contributed by atoms with E-state index in [1.165, 1.54) is 0 Å². The predicted octanol–water partition coefficient (Wildman–Crippen LogP) is 3.33. The Bertz CT molecular complexity index is 210. The van der Waals surface area contributed by atoms with Crippen molar-refractivity contribution in [3.63, 3.8) is 0 Å². The molecule has 0 amide bonds. The molecule has 0 radical (unpaired) electrons. The van der Waals surface area contributed by atoms with Crippen LogP contribution in [0.1, 0.15) is 39.0 Å². The average molecular weight is 208 g/mol. The van der Waals surface area contributed by atoms with Crippen molar-refractivity contribution in [1.82, 2.24) is 0 Å². The molecule has 1 fully saturated rings. The van der Waals surface area contributed by atoms with Crippen LogP contribution in [-0.2, 0) is 4.79 Å². The van der Waals surface area contributed by atoms with Crippen molar-refractivity contribution in [3.8, 4) is 0 Å². The topological polar surface area (TPSA) is 17.1 Å². The van der Waals surface area contributed by atoms with Crippen molar-refractivity contribution in [2.45, 2.75) is 45.2 Å². The van der Waals surface area contributed by atoms with Crippen LogP contribution in [0.2, 0.25) is 0 Å². The molecule has 1 nitrogen and oxygen atoms in total. The van der Waals surface area contributed by atoms with E-state index >= 15 is 0 Å². The van der Waals surface area contributed by atoms with E-state index in [-0.39, 0.29) is 18.1 Å².